The molecule has 1 unspecified atom stereocenters. The van der Waals surface area contributed by atoms with Crippen molar-refractivity contribution in [1.82, 2.24) is 9.78 Å². The van der Waals surface area contributed by atoms with Crippen LogP contribution in [0, 0.1) is 5.82 Å². The highest BCUT2D eigenvalue weighted by atomic mass is 79.9. The van der Waals surface area contributed by atoms with Gasteiger partial charge in [-0.15, -0.1) is 0 Å². The van der Waals surface area contributed by atoms with Gasteiger partial charge in [-0.3, -0.25) is 4.68 Å². The maximum absolute atomic E-state index is 13.3. The molecule has 1 aromatic carbocycles. The molecule has 0 amide bonds. The summed E-state index contributed by atoms with van der Waals surface area (Å²) in [6.07, 6.45) is 1.80. The van der Waals surface area contributed by atoms with Crippen LogP contribution in [0.4, 0.5) is 4.39 Å². The maximum atomic E-state index is 13.3. The monoisotopic (exact) mass is 324 g/mol. The fourth-order valence-electron chi connectivity index (χ4n) is 2.21. The van der Waals surface area contributed by atoms with E-state index in [2.05, 4.69) is 34.0 Å². The third-order valence-electron chi connectivity index (χ3n) is 3.35. The Morgan fingerprint density at radius 3 is 2.74 bits per heavy atom. The first kappa shape index (κ1) is 14.3. The zero-order valence-electron chi connectivity index (χ0n) is 11.2. The second-order valence-corrected chi connectivity index (χ2v) is 5.36. The van der Waals surface area contributed by atoms with E-state index >= 15 is 0 Å². The lowest BCUT2D eigenvalue weighted by Gasteiger charge is -2.14. The molecule has 4 heteroatoms. The molecule has 2 rings (SSSR count). The lowest BCUT2D eigenvalue weighted by atomic mass is 9.96. The normalized spacial score (nSPS) is 12.6. The summed E-state index contributed by atoms with van der Waals surface area (Å²) in [5.41, 5.74) is 3.31. The molecule has 1 aromatic heterocycles. The number of halogens is 2. The first-order valence-electron chi connectivity index (χ1n) is 6.47. The first-order valence-corrected chi connectivity index (χ1v) is 7.59. The highest BCUT2D eigenvalue weighted by Crippen LogP contribution is 2.24. The highest BCUT2D eigenvalue weighted by Gasteiger charge is 2.14. The SMILES string of the molecule is CCc1cc(CC(CBr)c2cccc(F)c2)n(C)n1. The van der Waals surface area contributed by atoms with Crippen molar-refractivity contribution in [1.29, 1.82) is 0 Å². The van der Waals surface area contributed by atoms with Gasteiger partial charge >= 0.3 is 0 Å². The number of nitrogens with zero attached hydrogens (tertiary/aromatic N) is 2. The Morgan fingerprint density at radius 1 is 1.37 bits per heavy atom. The molecule has 1 atom stereocenters. The van der Waals surface area contributed by atoms with Gasteiger partial charge in [0.25, 0.3) is 0 Å². The van der Waals surface area contributed by atoms with Crippen LogP contribution in [0.15, 0.2) is 30.3 Å². The number of rotatable bonds is 5. The zero-order chi connectivity index (χ0) is 13.8. The van der Waals surface area contributed by atoms with Gasteiger partial charge in [0.05, 0.1) is 5.69 Å². The van der Waals surface area contributed by atoms with Crippen molar-refractivity contribution in [2.45, 2.75) is 25.7 Å². The molecular weight excluding hydrogens is 307 g/mol. The number of benzene rings is 1. The van der Waals surface area contributed by atoms with Gasteiger partial charge in [-0.1, -0.05) is 35.0 Å². The molecule has 102 valence electrons. The Labute approximate surface area is 121 Å². The van der Waals surface area contributed by atoms with Crippen LogP contribution in [-0.4, -0.2) is 15.1 Å². The van der Waals surface area contributed by atoms with Crippen molar-refractivity contribution >= 4 is 15.9 Å². The van der Waals surface area contributed by atoms with Gasteiger partial charge in [-0.25, -0.2) is 4.39 Å². The lowest BCUT2D eigenvalue weighted by molar-refractivity contribution is 0.617. The van der Waals surface area contributed by atoms with Crippen molar-refractivity contribution in [2.75, 3.05) is 5.33 Å². The Hall–Kier alpha value is -1.16. The summed E-state index contributed by atoms with van der Waals surface area (Å²) >= 11 is 3.53. The van der Waals surface area contributed by atoms with Crippen molar-refractivity contribution < 1.29 is 4.39 Å². The van der Waals surface area contributed by atoms with Crippen molar-refractivity contribution in [3.63, 3.8) is 0 Å². The van der Waals surface area contributed by atoms with E-state index in [9.17, 15) is 4.39 Å². The largest absolute Gasteiger partial charge is 0.272 e. The van der Waals surface area contributed by atoms with Gasteiger partial charge in [-0.05, 0) is 42.5 Å². The van der Waals surface area contributed by atoms with Crippen LogP contribution in [0.2, 0.25) is 0 Å². The average Bonchev–Trinajstić information content (AvgIpc) is 2.76. The molecule has 0 radical (unpaired) electrons. The van der Waals surface area contributed by atoms with Crippen LogP contribution in [-0.2, 0) is 19.9 Å². The second-order valence-electron chi connectivity index (χ2n) is 4.71. The molecule has 0 fully saturated rings. The molecule has 0 aliphatic heterocycles. The summed E-state index contributed by atoms with van der Waals surface area (Å²) in [6, 6.07) is 8.97. The Morgan fingerprint density at radius 2 is 2.16 bits per heavy atom. The molecule has 0 N–H and O–H groups in total. The molecule has 0 aliphatic carbocycles. The predicted molar refractivity (Wildman–Crippen MR) is 79.2 cm³/mol. The molecule has 0 aliphatic rings. The maximum Gasteiger partial charge on any atom is 0.123 e. The van der Waals surface area contributed by atoms with Crippen LogP contribution >= 0.6 is 15.9 Å². The minimum Gasteiger partial charge on any atom is -0.272 e. The highest BCUT2D eigenvalue weighted by molar-refractivity contribution is 9.09. The van der Waals surface area contributed by atoms with E-state index in [4.69, 9.17) is 0 Å². The minimum absolute atomic E-state index is 0.178. The van der Waals surface area contributed by atoms with E-state index in [0.29, 0.717) is 0 Å². The Balaban J connectivity index is 2.21. The predicted octanol–water partition coefficient (Wildman–Crippen LogP) is 3.84. The van der Waals surface area contributed by atoms with Crippen LogP contribution in [0.5, 0.6) is 0 Å². The number of hydrogen-bond donors (Lipinski definition) is 0. The van der Waals surface area contributed by atoms with E-state index in [0.717, 1.165) is 29.4 Å². The van der Waals surface area contributed by atoms with Gasteiger partial charge in [0.1, 0.15) is 5.82 Å². The van der Waals surface area contributed by atoms with E-state index in [1.54, 1.807) is 12.1 Å². The van der Waals surface area contributed by atoms with E-state index in [1.807, 2.05) is 17.8 Å². The third kappa shape index (κ3) is 3.44. The summed E-state index contributed by atoms with van der Waals surface area (Å²) in [5, 5.41) is 5.26. The standard InChI is InChI=1S/C15H18BrFN2/c1-3-14-9-15(19(2)18-14)8-12(10-16)11-5-4-6-13(17)7-11/h4-7,9,12H,3,8,10H2,1-2H3. The molecule has 2 nitrogen and oxygen atoms in total. The summed E-state index contributed by atoms with van der Waals surface area (Å²) in [4.78, 5) is 0. The van der Waals surface area contributed by atoms with Gasteiger partial charge in [0.2, 0.25) is 0 Å². The average molecular weight is 325 g/mol. The topological polar surface area (TPSA) is 17.8 Å². The van der Waals surface area contributed by atoms with Gasteiger partial charge in [0.15, 0.2) is 0 Å². The van der Waals surface area contributed by atoms with Gasteiger partial charge in [-0.2, -0.15) is 5.10 Å². The van der Waals surface area contributed by atoms with Crippen molar-refractivity contribution in [3.8, 4) is 0 Å². The molecular formula is C15H18BrFN2. The lowest BCUT2D eigenvalue weighted by Crippen LogP contribution is -2.08. The fraction of sp³-hybridized carbons (Fsp3) is 0.400. The molecule has 0 spiro atoms. The van der Waals surface area contributed by atoms with Crippen LogP contribution in [0.25, 0.3) is 0 Å². The van der Waals surface area contributed by atoms with E-state index < -0.39 is 0 Å². The summed E-state index contributed by atoms with van der Waals surface area (Å²) in [7, 11) is 1.96. The smallest absolute Gasteiger partial charge is 0.123 e. The number of alkyl halides is 1. The fourth-order valence-corrected chi connectivity index (χ4v) is 2.81. The summed E-state index contributed by atoms with van der Waals surface area (Å²) in [6.45, 7) is 2.10. The quantitative estimate of drug-likeness (QED) is 0.764. The Kier molecular flexibility index (Phi) is 4.75. The molecule has 2 aromatic rings. The van der Waals surface area contributed by atoms with Gasteiger partial charge in [0, 0.05) is 18.1 Å². The molecule has 0 saturated heterocycles. The summed E-state index contributed by atoms with van der Waals surface area (Å²) in [5.74, 6) is 0.0820. The molecule has 19 heavy (non-hydrogen) atoms. The van der Waals surface area contributed by atoms with Gasteiger partial charge < -0.3 is 0 Å². The number of aryl methyl sites for hydroxylation is 2. The van der Waals surface area contributed by atoms with E-state index in [-0.39, 0.29) is 11.7 Å². The minimum atomic E-state index is -0.178. The first-order chi connectivity index (χ1) is 9.13. The van der Waals surface area contributed by atoms with Crippen molar-refractivity contribution in [3.05, 3.63) is 53.1 Å². The van der Waals surface area contributed by atoms with Crippen LogP contribution in [0.3, 0.4) is 0 Å². The van der Waals surface area contributed by atoms with Crippen LogP contribution < -0.4 is 0 Å². The van der Waals surface area contributed by atoms with Crippen LogP contribution in [0.1, 0.15) is 29.8 Å². The van der Waals surface area contributed by atoms with Crippen molar-refractivity contribution in [2.24, 2.45) is 7.05 Å². The second kappa shape index (κ2) is 6.33. The van der Waals surface area contributed by atoms with E-state index in [1.165, 1.54) is 11.8 Å². The number of aromatic nitrogens is 2. The number of hydrogen-bond acceptors (Lipinski definition) is 1. The molecule has 0 saturated carbocycles. The molecule has 0 bridgehead atoms. The third-order valence-corrected chi connectivity index (χ3v) is 4.13. The Bertz CT molecular complexity index is 551. The summed E-state index contributed by atoms with van der Waals surface area (Å²) < 4.78 is 15.2. The zero-order valence-corrected chi connectivity index (χ0v) is 12.8. The molecule has 1 heterocycles.